The molecule has 1 amide bonds. The monoisotopic (exact) mass is 232 g/mol. The summed E-state index contributed by atoms with van der Waals surface area (Å²) in [6.07, 6.45) is 0.970. The summed E-state index contributed by atoms with van der Waals surface area (Å²) in [5.41, 5.74) is 2.01. The van der Waals surface area contributed by atoms with Gasteiger partial charge >= 0.3 is 0 Å². The summed E-state index contributed by atoms with van der Waals surface area (Å²) in [6.45, 7) is 5.50. The van der Waals surface area contributed by atoms with Gasteiger partial charge in [-0.25, -0.2) is 0 Å². The van der Waals surface area contributed by atoms with E-state index in [4.69, 9.17) is 0 Å². The Morgan fingerprint density at radius 2 is 2.12 bits per heavy atom. The second-order valence-electron chi connectivity index (χ2n) is 5.25. The topological polar surface area (TPSA) is 32.3 Å². The van der Waals surface area contributed by atoms with Crippen molar-refractivity contribution in [3.63, 3.8) is 0 Å². The van der Waals surface area contributed by atoms with E-state index in [2.05, 4.69) is 11.4 Å². The van der Waals surface area contributed by atoms with Crippen molar-refractivity contribution in [3.8, 4) is 0 Å². The molecule has 1 heterocycles. The van der Waals surface area contributed by atoms with Crippen LogP contribution in [0.1, 0.15) is 19.4 Å². The van der Waals surface area contributed by atoms with E-state index in [9.17, 15) is 4.79 Å². The number of fused-ring (bicyclic) bond motifs is 1. The van der Waals surface area contributed by atoms with Crippen molar-refractivity contribution in [3.05, 3.63) is 29.8 Å². The molecule has 3 nitrogen and oxygen atoms in total. The maximum atomic E-state index is 12.5. The van der Waals surface area contributed by atoms with Crippen molar-refractivity contribution < 1.29 is 4.79 Å². The third-order valence-corrected chi connectivity index (χ3v) is 3.33. The molecule has 0 saturated heterocycles. The molecule has 0 aliphatic carbocycles. The largest absolute Gasteiger partial charge is 0.319 e. The number of hydrogen-bond acceptors (Lipinski definition) is 2. The van der Waals surface area contributed by atoms with Gasteiger partial charge in [-0.3, -0.25) is 4.79 Å². The molecule has 0 aromatic heterocycles. The van der Waals surface area contributed by atoms with Crippen LogP contribution in [0, 0.1) is 5.41 Å². The molecule has 0 fully saturated rings. The summed E-state index contributed by atoms with van der Waals surface area (Å²) in [4.78, 5) is 14.4. The second kappa shape index (κ2) is 4.49. The Bertz CT molecular complexity index is 426. The molecule has 92 valence electrons. The normalized spacial score (nSPS) is 14.9. The fourth-order valence-corrected chi connectivity index (χ4v) is 2.43. The lowest BCUT2D eigenvalue weighted by Crippen LogP contribution is -2.44. The average molecular weight is 232 g/mol. The summed E-state index contributed by atoms with van der Waals surface area (Å²) in [5.74, 6) is 0.205. The van der Waals surface area contributed by atoms with Crippen LogP contribution >= 0.6 is 0 Å². The van der Waals surface area contributed by atoms with Crippen molar-refractivity contribution in [2.45, 2.75) is 20.3 Å². The van der Waals surface area contributed by atoms with E-state index < -0.39 is 0 Å². The summed E-state index contributed by atoms with van der Waals surface area (Å²) in [7, 11) is 1.88. The fourth-order valence-electron chi connectivity index (χ4n) is 2.43. The third-order valence-electron chi connectivity index (χ3n) is 3.33. The summed E-state index contributed by atoms with van der Waals surface area (Å²) in [5, 5.41) is 3.09. The van der Waals surface area contributed by atoms with Crippen molar-refractivity contribution in [1.29, 1.82) is 0 Å². The first-order chi connectivity index (χ1) is 8.06. The molecule has 0 bridgehead atoms. The number of nitrogens with one attached hydrogen (secondary N) is 1. The highest BCUT2D eigenvalue weighted by Crippen LogP contribution is 2.31. The van der Waals surface area contributed by atoms with Crippen LogP contribution in [-0.2, 0) is 11.2 Å². The first-order valence-corrected chi connectivity index (χ1v) is 6.11. The molecule has 1 aromatic carbocycles. The lowest BCUT2D eigenvalue weighted by atomic mass is 9.91. The number of anilines is 1. The van der Waals surface area contributed by atoms with Gasteiger partial charge in [-0.15, -0.1) is 0 Å². The molecule has 2 rings (SSSR count). The van der Waals surface area contributed by atoms with E-state index in [1.807, 2.05) is 44.0 Å². The number of para-hydroxylation sites is 1. The minimum absolute atomic E-state index is 0.205. The molecule has 0 atom stereocenters. The summed E-state index contributed by atoms with van der Waals surface area (Å²) >= 11 is 0. The van der Waals surface area contributed by atoms with Crippen LogP contribution < -0.4 is 10.2 Å². The van der Waals surface area contributed by atoms with E-state index in [1.54, 1.807) is 0 Å². The van der Waals surface area contributed by atoms with Gasteiger partial charge in [0.15, 0.2) is 0 Å². The van der Waals surface area contributed by atoms with E-state index in [0.29, 0.717) is 6.54 Å². The van der Waals surface area contributed by atoms with Gasteiger partial charge < -0.3 is 10.2 Å². The van der Waals surface area contributed by atoms with E-state index >= 15 is 0 Å². The van der Waals surface area contributed by atoms with Crippen LogP contribution in [0.3, 0.4) is 0 Å². The van der Waals surface area contributed by atoms with Crippen molar-refractivity contribution in [1.82, 2.24) is 5.32 Å². The number of carbonyl (C=O) groups excluding carboxylic acids is 1. The van der Waals surface area contributed by atoms with Gasteiger partial charge in [0.25, 0.3) is 0 Å². The fraction of sp³-hybridized carbons (Fsp3) is 0.500. The molecule has 1 aliphatic rings. The van der Waals surface area contributed by atoms with Gasteiger partial charge in [-0.2, -0.15) is 0 Å². The zero-order valence-corrected chi connectivity index (χ0v) is 10.8. The Labute approximate surface area is 103 Å². The summed E-state index contributed by atoms with van der Waals surface area (Å²) in [6, 6.07) is 8.17. The predicted molar refractivity (Wildman–Crippen MR) is 70.2 cm³/mol. The Kier molecular flexibility index (Phi) is 3.20. The first-order valence-electron chi connectivity index (χ1n) is 6.11. The molecule has 1 aliphatic heterocycles. The molecule has 0 radical (unpaired) electrons. The molecule has 1 N–H and O–H groups in total. The molecular formula is C14H20N2O. The minimum Gasteiger partial charge on any atom is -0.319 e. The number of hydrogen-bond donors (Lipinski definition) is 1. The van der Waals surface area contributed by atoms with Crippen LogP contribution in [-0.4, -0.2) is 26.0 Å². The van der Waals surface area contributed by atoms with Gasteiger partial charge in [0.05, 0.1) is 5.41 Å². The minimum atomic E-state index is -0.355. The van der Waals surface area contributed by atoms with Gasteiger partial charge in [0.1, 0.15) is 0 Å². The zero-order chi connectivity index (χ0) is 12.5. The molecular weight excluding hydrogens is 212 g/mol. The smallest absolute Gasteiger partial charge is 0.233 e. The predicted octanol–water partition coefficient (Wildman–Crippen LogP) is 1.82. The molecule has 0 saturated carbocycles. The lowest BCUT2D eigenvalue weighted by Gasteiger charge is -2.29. The molecule has 17 heavy (non-hydrogen) atoms. The molecule has 3 heteroatoms. The number of nitrogens with zero attached hydrogens (tertiary/aromatic N) is 1. The Morgan fingerprint density at radius 1 is 1.41 bits per heavy atom. The van der Waals surface area contributed by atoms with Crippen LogP contribution in [0.5, 0.6) is 0 Å². The third kappa shape index (κ3) is 2.20. The molecule has 1 aromatic rings. The van der Waals surface area contributed by atoms with Gasteiger partial charge in [0, 0.05) is 18.8 Å². The Morgan fingerprint density at radius 3 is 2.82 bits per heavy atom. The highest BCUT2D eigenvalue weighted by Gasteiger charge is 2.34. The first kappa shape index (κ1) is 12.1. The number of rotatable bonds is 3. The number of benzene rings is 1. The highest BCUT2D eigenvalue weighted by molar-refractivity contribution is 5.99. The number of amides is 1. The van der Waals surface area contributed by atoms with Crippen molar-refractivity contribution in [2.75, 3.05) is 25.0 Å². The van der Waals surface area contributed by atoms with Gasteiger partial charge in [-0.1, -0.05) is 18.2 Å². The SMILES string of the molecule is CNCC(C)(C)C(=O)N1CCc2ccccc21. The standard InChI is InChI=1S/C14H20N2O/c1-14(2,10-15-3)13(17)16-9-8-11-6-4-5-7-12(11)16/h4-7,15H,8-10H2,1-3H3. The van der Waals surface area contributed by atoms with E-state index in [0.717, 1.165) is 18.7 Å². The maximum absolute atomic E-state index is 12.5. The van der Waals surface area contributed by atoms with Crippen molar-refractivity contribution in [2.24, 2.45) is 5.41 Å². The highest BCUT2D eigenvalue weighted by atomic mass is 16.2. The van der Waals surface area contributed by atoms with Crippen LogP contribution in [0.15, 0.2) is 24.3 Å². The van der Waals surface area contributed by atoms with Gasteiger partial charge in [-0.05, 0) is 38.9 Å². The van der Waals surface area contributed by atoms with Crippen LogP contribution in [0.2, 0.25) is 0 Å². The molecule has 0 spiro atoms. The van der Waals surface area contributed by atoms with Crippen LogP contribution in [0.25, 0.3) is 0 Å². The number of carbonyl (C=O) groups is 1. The van der Waals surface area contributed by atoms with E-state index in [-0.39, 0.29) is 11.3 Å². The summed E-state index contributed by atoms with van der Waals surface area (Å²) < 4.78 is 0. The Hall–Kier alpha value is -1.35. The Balaban J connectivity index is 2.23. The lowest BCUT2D eigenvalue weighted by molar-refractivity contribution is -0.126. The van der Waals surface area contributed by atoms with Crippen LogP contribution in [0.4, 0.5) is 5.69 Å². The molecule has 0 unspecified atom stereocenters. The van der Waals surface area contributed by atoms with Crippen molar-refractivity contribution >= 4 is 11.6 Å². The average Bonchev–Trinajstić information content (AvgIpc) is 2.71. The zero-order valence-electron chi connectivity index (χ0n) is 10.8. The van der Waals surface area contributed by atoms with E-state index in [1.165, 1.54) is 5.56 Å². The quantitative estimate of drug-likeness (QED) is 0.862. The maximum Gasteiger partial charge on any atom is 0.233 e. The van der Waals surface area contributed by atoms with Gasteiger partial charge in [0.2, 0.25) is 5.91 Å². The second-order valence-corrected chi connectivity index (χ2v) is 5.25.